The number of likely N-dealkylation sites (tertiary alicyclic amines) is 1. The number of nitrogens with zero attached hydrogens (tertiary/aromatic N) is 2. The van der Waals surface area contributed by atoms with Gasteiger partial charge in [-0.1, -0.05) is 35.9 Å². The number of piperidine rings is 1. The fourth-order valence-electron chi connectivity index (χ4n) is 5.22. The second-order valence-corrected chi connectivity index (χ2v) is 11.7. The first-order valence-electron chi connectivity index (χ1n) is 11.8. The molecule has 1 saturated heterocycles. The zero-order valence-electron chi connectivity index (χ0n) is 19.5. The molecule has 0 bridgehead atoms. The first kappa shape index (κ1) is 22.7. The van der Waals surface area contributed by atoms with Crippen LogP contribution in [0.3, 0.4) is 0 Å². The number of hydrogen-bond acceptors (Lipinski definition) is 4. The molecule has 174 valence electrons. The standard InChI is InChI=1S/C27H31ClN2O2S/c1-27(2,3)32-26(31)29-12-10-23-22(17-29)21-15-19(9-8-18-6-4-7-20(28)14-18)16-24-25(21)30(23)11-5-13-33-24/h4,6-9,14-16,22-23H,5,10-13,17H2,1-3H3/b9-8+/t22-,23-/m0/s1. The van der Waals surface area contributed by atoms with Crippen molar-refractivity contribution in [3.05, 3.63) is 58.1 Å². The van der Waals surface area contributed by atoms with Gasteiger partial charge in [-0.25, -0.2) is 4.79 Å². The summed E-state index contributed by atoms with van der Waals surface area (Å²) >= 11 is 8.13. The van der Waals surface area contributed by atoms with Crippen LogP contribution in [0.4, 0.5) is 10.5 Å². The summed E-state index contributed by atoms with van der Waals surface area (Å²) in [6.07, 6.45) is 6.28. The van der Waals surface area contributed by atoms with Gasteiger partial charge >= 0.3 is 6.09 Å². The van der Waals surface area contributed by atoms with Gasteiger partial charge in [0.25, 0.3) is 0 Å². The Kier molecular flexibility index (Phi) is 6.13. The number of carbonyl (C=O) groups excluding carboxylic acids is 1. The van der Waals surface area contributed by atoms with Crippen molar-refractivity contribution in [2.45, 2.75) is 56.1 Å². The third kappa shape index (κ3) is 4.76. The van der Waals surface area contributed by atoms with Crippen molar-refractivity contribution in [1.29, 1.82) is 0 Å². The predicted octanol–water partition coefficient (Wildman–Crippen LogP) is 6.92. The SMILES string of the molecule is CC(C)(C)OC(=O)N1CC[C@H]2[C@@H](C1)c1cc(/C=C/c3cccc(Cl)c3)cc3c1N2CCCS3. The van der Waals surface area contributed by atoms with E-state index in [1.54, 1.807) is 0 Å². The number of hydrogen-bond donors (Lipinski definition) is 0. The molecule has 33 heavy (non-hydrogen) atoms. The van der Waals surface area contributed by atoms with E-state index >= 15 is 0 Å². The van der Waals surface area contributed by atoms with Crippen molar-refractivity contribution in [2.75, 3.05) is 30.3 Å². The number of carbonyl (C=O) groups is 1. The largest absolute Gasteiger partial charge is 0.444 e. The second-order valence-electron chi connectivity index (χ2n) is 10.1. The molecule has 2 aromatic rings. The molecular weight excluding hydrogens is 452 g/mol. The molecule has 0 N–H and O–H groups in total. The maximum Gasteiger partial charge on any atom is 0.410 e. The fourth-order valence-corrected chi connectivity index (χ4v) is 6.50. The second kappa shape index (κ2) is 8.92. The molecule has 3 aliphatic rings. The highest BCUT2D eigenvalue weighted by molar-refractivity contribution is 7.99. The zero-order valence-corrected chi connectivity index (χ0v) is 21.1. The van der Waals surface area contributed by atoms with E-state index in [-0.39, 0.29) is 6.09 Å². The van der Waals surface area contributed by atoms with Crippen molar-refractivity contribution >= 4 is 47.3 Å². The molecule has 3 heterocycles. The van der Waals surface area contributed by atoms with E-state index in [0.717, 1.165) is 35.8 Å². The maximum absolute atomic E-state index is 12.8. The monoisotopic (exact) mass is 482 g/mol. The Morgan fingerprint density at radius 2 is 1.97 bits per heavy atom. The molecule has 2 aromatic carbocycles. The van der Waals surface area contributed by atoms with E-state index < -0.39 is 5.60 Å². The van der Waals surface area contributed by atoms with Gasteiger partial charge in [-0.3, -0.25) is 0 Å². The predicted molar refractivity (Wildman–Crippen MR) is 138 cm³/mol. The topological polar surface area (TPSA) is 32.8 Å². The lowest BCUT2D eigenvalue weighted by molar-refractivity contribution is 0.0189. The molecular formula is C27H31ClN2O2S. The summed E-state index contributed by atoms with van der Waals surface area (Å²) < 4.78 is 5.69. The molecule has 0 unspecified atom stereocenters. The van der Waals surface area contributed by atoms with Crippen molar-refractivity contribution < 1.29 is 9.53 Å². The lowest BCUT2D eigenvalue weighted by Crippen LogP contribution is -2.49. The Bertz CT molecular complexity index is 1090. The molecule has 0 spiro atoms. The van der Waals surface area contributed by atoms with E-state index in [9.17, 15) is 4.79 Å². The number of amides is 1. The number of halogens is 1. The molecule has 5 rings (SSSR count). The van der Waals surface area contributed by atoms with Crippen LogP contribution in [0.1, 0.15) is 56.2 Å². The van der Waals surface area contributed by atoms with Crippen LogP contribution in [-0.4, -0.2) is 48.0 Å². The van der Waals surface area contributed by atoms with Crippen molar-refractivity contribution in [3.63, 3.8) is 0 Å². The van der Waals surface area contributed by atoms with Crippen LogP contribution in [0.5, 0.6) is 0 Å². The Hall–Kier alpha value is -2.11. The molecule has 0 aromatic heterocycles. The highest BCUT2D eigenvalue weighted by Gasteiger charge is 2.45. The Morgan fingerprint density at radius 3 is 2.76 bits per heavy atom. The van der Waals surface area contributed by atoms with E-state index in [4.69, 9.17) is 16.3 Å². The minimum atomic E-state index is -0.476. The van der Waals surface area contributed by atoms with Gasteiger partial charge in [0.2, 0.25) is 0 Å². The Balaban J connectivity index is 1.47. The summed E-state index contributed by atoms with van der Waals surface area (Å²) in [4.78, 5) is 18.7. The van der Waals surface area contributed by atoms with Crippen LogP contribution < -0.4 is 4.90 Å². The van der Waals surface area contributed by atoms with Gasteiger partial charge in [0, 0.05) is 41.5 Å². The van der Waals surface area contributed by atoms with E-state index in [1.807, 2.05) is 55.6 Å². The number of thioether (sulfide) groups is 1. The highest BCUT2D eigenvalue weighted by atomic mass is 35.5. The quantitative estimate of drug-likeness (QED) is 0.435. The summed E-state index contributed by atoms with van der Waals surface area (Å²) in [6.45, 7) is 8.35. The first-order chi connectivity index (χ1) is 15.8. The van der Waals surface area contributed by atoms with Gasteiger partial charge in [0.1, 0.15) is 5.60 Å². The van der Waals surface area contributed by atoms with Crippen molar-refractivity contribution in [3.8, 4) is 0 Å². The molecule has 1 amide bonds. The molecule has 3 aliphatic heterocycles. The van der Waals surface area contributed by atoms with Crippen LogP contribution in [-0.2, 0) is 4.74 Å². The maximum atomic E-state index is 12.8. The number of anilines is 1. The third-order valence-electron chi connectivity index (χ3n) is 6.56. The molecule has 0 radical (unpaired) electrons. The summed E-state index contributed by atoms with van der Waals surface area (Å²) in [6, 6.07) is 13.0. The third-order valence-corrected chi connectivity index (χ3v) is 7.91. The summed E-state index contributed by atoms with van der Waals surface area (Å²) in [7, 11) is 0. The van der Waals surface area contributed by atoms with E-state index in [2.05, 4.69) is 35.3 Å². The fraction of sp³-hybridized carbons (Fsp3) is 0.444. The molecule has 4 nitrogen and oxygen atoms in total. The highest BCUT2D eigenvalue weighted by Crippen LogP contribution is 2.51. The van der Waals surface area contributed by atoms with Crippen molar-refractivity contribution in [2.24, 2.45) is 0 Å². The summed E-state index contributed by atoms with van der Waals surface area (Å²) in [5, 5.41) is 0.746. The normalized spacial score (nSPS) is 22.2. The Morgan fingerprint density at radius 1 is 1.15 bits per heavy atom. The minimum Gasteiger partial charge on any atom is -0.444 e. The average molecular weight is 483 g/mol. The summed E-state index contributed by atoms with van der Waals surface area (Å²) in [5.74, 6) is 1.46. The smallest absolute Gasteiger partial charge is 0.410 e. The zero-order chi connectivity index (χ0) is 23.2. The van der Waals surface area contributed by atoms with Crippen molar-refractivity contribution in [1.82, 2.24) is 4.90 Å². The molecule has 0 saturated carbocycles. The molecule has 2 atom stereocenters. The van der Waals surface area contributed by atoms with Crippen LogP contribution in [0.15, 0.2) is 41.3 Å². The molecule has 1 fully saturated rings. The van der Waals surface area contributed by atoms with E-state index in [1.165, 1.54) is 28.1 Å². The van der Waals surface area contributed by atoms with Crippen LogP contribution in [0, 0.1) is 0 Å². The number of fused-ring (bicyclic) bond motifs is 3. The lowest BCUT2D eigenvalue weighted by Gasteiger charge is -2.39. The van der Waals surface area contributed by atoms with Gasteiger partial charge < -0.3 is 14.5 Å². The first-order valence-corrected chi connectivity index (χ1v) is 13.1. The number of ether oxygens (including phenoxy) is 1. The minimum absolute atomic E-state index is 0.195. The van der Waals surface area contributed by atoms with Crippen LogP contribution in [0.2, 0.25) is 5.02 Å². The van der Waals surface area contributed by atoms with E-state index in [0.29, 0.717) is 18.5 Å². The van der Waals surface area contributed by atoms with Gasteiger partial charge in [0.15, 0.2) is 0 Å². The average Bonchev–Trinajstić information content (AvgIpc) is 2.91. The molecule has 6 heteroatoms. The van der Waals surface area contributed by atoms with Gasteiger partial charge in [-0.2, -0.15) is 0 Å². The van der Waals surface area contributed by atoms with Crippen LogP contribution in [0.25, 0.3) is 12.2 Å². The van der Waals surface area contributed by atoms with Gasteiger partial charge in [-0.15, -0.1) is 11.8 Å². The summed E-state index contributed by atoms with van der Waals surface area (Å²) in [5.41, 5.74) is 4.60. The molecule has 0 aliphatic carbocycles. The Labute approximate surface area is 205 Å². The van der Waals surface area contributed by atoms with Gasteiger partial charge in [-0.05, 0) is 80.3 Å². The number of benzene rings is 2. The van der Waals surface area contributed by atoms with Crippen LogP contribution >= 0.6 is 23.4 Å². The lowest BCUT2D eigenvalue weighted by atomic mass is 9.88. The number of rotatable bonds is 2. The van der Waals surface area contributed by atoms with Gasteiger partial charge in [0.05, 0.1) is 5.69 Å².